The minimum absolute atomic E-state index is 0.0451. The first kappa shape index (κ1) is 19.0. The molecule has 2 aromatic rings. The van der Waals surface area contributed by atoms with Gasteiger partial charge in [-0.25, -0.2) is 0 Å². The summed E-state index contributed by atoms with van der Waals surface area (Å²) in [4.78, 5) is 14.2. The molecule has 2 N–H and O–H groups in total. The van der Waals surface area contributed by atoms with Crippen LogP contribution in [0, 0.1) is 0 Å². The Morgan fingerprint density at radius 1 is 0.963 bits per heavy atom. The lowest BCUT2D eigenvalue weighted by atomic mass is 10.2. The van der Waals surface area contributed by atoms with Gasteiger partial charge in [-0.3, -0.25) is 4.79 Å². The van der Waals surface area contributed by atoms with Crippen molar-refractivity contribution in [3.63, 3.8) is 0 Å². The molecule has 1 saturated heterocycles. The summed E-state index contributed by atoms with van der Waals surface area (Å²) in [6.07, 6.45) is -4.37. The van der Waals surface area contributed by atoms with Gasteiger partial charge < -0.3 is 20.3 Å². The standard InChI is InChI=1S/C19H20F3N3O2/c20-19(21,22)14-1-3-15(4-2-14)23-13-18(26)24-16-5-7-17(8-6-16)25-9-11-27-12-10-25/h1-8,23H,9-13H2,(H,24,26). The van der Waals surface area contributed by atoms with Gasteiger partial charge in [-0.2, -0.15) is 13.2 Å². The number of amides is 1. The number of anilines is 3. The molecule has 0 unspecified atom stereocenters. The molecule has 5 nitrogen and oxygen atoms in total. The van der Waals surface area contributed by atoms with E-state index in [1.54, 1.807) is 0 Å². The Kier molecular flexibility index (Phi) is 5.85. The van der Waals surface area contributed by atoms with Crippen LogP contribution in [-0.4, -0.2) is 38.8 Å². The van der Waals surface area contributed by atoms with Gasteiger partial charge in [0.1, 0.15) is 0 Å². The van der Waals surface area contributed by atoms with E-state index in [2.05, 4.69) is 15.5 Å². The number of carbonyl (C=O) groups excluding carboxylic acids is 1. The summed E-state index contributed by atoms with van der Waals surface area (Å²) in [5, 5.41) is 5.56. The zero-order chi connectivity index (χ0) is 19.3. The highest BCUT2D eigenvalue weighted by Crippen LogP contribution is 2.29. The first-order valence-corrected chi connectivity index (χ1v) is 8.55. The number of rotatable bonds is 5. The van der Waals surface area contributed by atoms with Crippen molar-refractivity contribution < 1.29 is 22.7 Å². The third-order valence-electron chi connectivity index (χ3n) is 4.19. The van der Waals surface area contributed by atoms with Gasteiger partial charge in [0.15, 0.2) is 0 Å². The highest BCUT2D eigenvalue weighted by atomic mass is 19.4. The highest BCUT2D eigenvalue weighted by molar-refractivity contribution is 5.93. The molecular formula is C19H20F3N3O2. The number of ether oxygens (including phenoxy) is 1. The summed E-state index contributed by atoms with van der Waals surface area (Å²) in [7, 11) is 0. The third kappa shape index (κ3) is 5.37. The van der Waals surface area contributed by atoms with Crippen LogP contribution in [0.5, 0.6) is 0 Å². The van der Waals surface area contributed by atoms with Crippen LogP contribution >= 0.6 is 0 Å². The predicted octanol–water partition coefficient (Wildman–Crippen LogP) is 3.59. The van der Waals surface area contributed by atoms with Crippen molar-refractivity contribution in [3.8, 4) is 0 Å². The predicted molar refractivity (Wildman–Crippen MR) is 98.0 cm³/mol. The van der Waals surface area contributed by atoms with Gasteiger partial charge in [-0.05, 0) is 48.5 Å². The first-order chi connectivity index (χ1) is 12.9. The molecular weight excluding hydrogens is 359 g/mol. The van der Waals surface area contributed by atoms with Crippen LogP contribution < -0.4 is 15.5 Å². The number of hydrogen-bond donors (Lipinski definition) is 2. The Labute approximate surface area is 155 Å². The van der Waals surface area contributed by atoms with Gasteiger partial charge in [0, 0.05) is 30.2 Å². The Morgan fingerprint density at radius 2 is 1.56 bits per heavy atom. The molecule has 1 heterocycles. The molecule has 2 aromatic carbocycles. The van der Waals surface area contributed by atoms with Crippen LogP contribution in [0.3, 0.4) is 0 Å². The molecule has 8 heteroatoms. The Bertz CT molecular complexity index is 755. The van der Waals surface area contributed by atoms with Gasteiger partial charge in [-0.1, -0.05) is 0 Å². The fraction of sp³-hybridized carbons (Fsp3) is 0.316. The van der Waals surface area contributed by atoms with Gasteiger partial charge in [0.25, 0.3) is 0 Å². The summed E-state index contributed by atoms with van der Waals surface area (Å²) >= 11 is 0. The summed E-state index contributed by atoms with van der Waals surface area (Å²) in [6.45, 7) is 3.03. The van der Waals surface area contributed by atoms with Crippen molar-refractivity contribution in [3.05, 3.63) is 54.1 Å². The fourth-order valence-corrected chi connectivity index (χ4v) is 2.74. The molecule has 0 spiro atoms. The van der Waals surface area contributed by atoms with Crippen LogP contribution in [0.15, 0.2) is 48.5 Å². The second-order valence-corrected chi connectivity index (χ2v) is 6.12. The number of nitrogens with one attached hydrogen (secondary N) is 2. The van der Waals surface area contributed by atoms with E-state index in [4.69, 9.17) is 4.74 Å². The van der Waals surface area contributed by atoms with Crippen LogP contribution in [0.1, 0.15) is 5.56 Å². The summed E-state index contributed by atoms with van der Waals surface area (Å²) < 4.78 is 42.9. The molecule has 1 amide bonds. The molecule has 0 saturated carbocycles. The molecule has 144 valence electrons. The van der Waals surface area contributed by atoms with E-state index in [1.807, 2.05) is 24.3 Å². The van der Waals surface area contributed by atoms with Gasteiger partial charge >= 0.3 is 6.18 Å². The Hall–Kier alpha value is -2.74. The first-order valence-electron chi connectivity index (χ1n) is 8.55. The monoisotopic (exact) mass is 379 g/mol. The average molecular weight is 379 g/mol. The Balaban J connectivity index is 1.49. The van der Waals surface area contributed by atoms with E-state index < -0.39 is 11.7 Å². The van der Waals surface area contributed by atoms with Crippen LogP contribution in [0.4, 0.5) is 30.2 Å². The lowest BCUT2D eigenvalue weighted by Crippen LogP contribution is -2.36. The fourth-order valence-electron chi connectivity index (χ4n) is 2.74. The van der Waals surface area contributed by atoms with Gasteiger partial charge in [-0.15, -0.1) is 0 Å². The number of halogens is 3. The second-order valence-electron chi connectivity index (χ2n) is 6.12. The van der Waals surface area contributed by atoms with Crippen LogP contribution in [0.2, 0.25) is 0 Å². The van der Waals surface area contributed by atoms with Gasteiger partial charge in [0.05, 0.1) is 25.3 Å². The SMILES string of the molecule is O=C(CNc1ccc(C(F)(F)F)cc1)Nc1ccc(N2CCOCC2)cc1. The highest BCUT2D eigenvalue weighted by Gasteiger charge is 2.29. The van der Waals surface area contributed by atoms with Crippen LogP contribution in [0.25, 0.3) is 0 Å². The zero-order valence-corrected chi connectivity index (χ0v) is 14.6. The summed E-state index contributed by atoms with van der Waals surface area (Å²) in [5.74, 6) is -0.283. The molecule has 0 aromatic heterocycles. The number of morpholine rings is 1. The minimum Gasteiger partial charge on any atom is -0.378 e. The van der Waals surface area contributed by atoms with E-state index in [-0.39, 0.29) is 12.5 Å². The Morgan fingerprint density at radius 3 is 2.15 bits per heavy atom. The van der Waals surface area contributed by atoms with Crippen molar-refractivity contribution in [2.75, 3.05) is 48.4 Å². The number of benzene rings is 2. The number of nitrogens with zero attached hydrogens (tertiary/aromatic N) is 1. The lowest BCUT2D eigenvalue weighted by molar-refractivity contribution is -0.137. The van der Waals surface area contributed by atoms with Crippen molar-refractivity contribution >= 4 is 23.0 Å². The van der Waals surface area contributed by atoms with E-state index in [9.17, 15) is 18.0 Å². The largest absolute Gasteiger partial charge is 0.416 e. The molecule has 27 heavy (non-hydrogen) atoms. The molecule has 0 aliphatic carbocycles. The smallest absolute Gasteiger partial charge is 0.378 e. The van der Waals surface area contributed by atoms with Crippen molar-refractivity contribution in [2.45, 2.75) is 6.18 Å². The van der Waals surface area contributed by atoms with E-state index in [1.165, 1.54) is 12.1 Å². The maximum absolute atomic E-state index is 12.5. The van der Waals surface area contributed by atoms with E-state index in [0.717, 1.165) is 30.9 Å². The molecule has 1 aliphatic rings. The third-order valence-corrected chi connectivity index (χ3v) is 4.19. The quantitative estimate of drug-likeness (QED) is 0.834. The topological polar surface area (TPSA) is 53.6 Å². The number of alkyl halides is 3. The molecule has 1 aliphatic heterocycles. The van der Waals surface area contributed by atoms with Crippen LogP contribution in [-0.2, 0) is 15.7 Å². The van der Waals surface area contributed by atoms with Gasteiger partial charge in [0.2, 0.25) is 5.91 Å². The number of carbonyl (C=O) groups is 1. The van der Waals surface area contributed by atoms with Crippen molar-refractivity contribution in [1.82, 2.24) is 0 Å². The second kappa shape index (κ2) is 8.30. The molecule has 3 rings (SSSR count). The maximum Gasteiger partial charge on any atom is 0.416 e. The van der Waals surface area contributed by atoms with E-state index >= 15 is 0 Å². The molecule has 1 fully saturated rings. The zero-order valence-electron chi connectivity index (χ0n) is 14.6. The summed E-state index contributed by atoms with van der Waals surface area (Å²) in [6, 6.07) is 12.1. The average Bonchev–Trinajstić information content (AvgIpc) is 2.67. The van der Waals surface area contributed by atoms with E-state index in [0.29, 0.717) is 24.6 Å². The van der Waals surface area contributed by atoms with Crippen molar-refractivity contribution in [2.24, 2.45) is 0 Å². The minimum atomic E-state index is -4.37. The van der Waals surface area contributed by atoms with Crippen molar-refractivity contribution in [1.29, 1.82) is 0 Å². The summed E-state index contributed by atoms with van der Waals surface area (Å²) in [5.41, 5.74) is 1.45. The lowest BCUT2D eigenvalue weighted by Gasteiger charge is -2.28. The number of hydrogen-bond acceptors (Lipinski definition) is 4. The molecule has 0 radical (unpaired) electrons. The normalized spacial score (nSPS) is 14.7. The molecule has 0 bridgehead atoms. The molecule has 0 atom stereocenters. The maximum atomic E-state index is 12.5.